The zero-order valence-electron chi connectivity index (χ0n) is 14.6. The first-order valence-corrected chi connectivity index (χ1v) is 8.76. The number of carbonyl (C=O) groups excluding carboxylic acids is 2. The van der Waals surface area contributed by atoms with Crippen molar-refractivity contribution in [2.45, 2.75) is 19.9 Å². The van der Waals surface area contributed by atoms with Gasteiger partial charge >= 0.3 is 0 Å². The van der Waals surface area contributed by atoms with Gasteiger partial charge in [0.2, 0.25) is 5.91 Å². The van der Waals surface area contributed by atoms with Crippen LogP contribution in [0.5, 0.6) is 5.75 Å². The summed E-state index contributed by atoms with van der Waals surface area (Å²) >= 11 is 3.31. The van der Waals surface area contributed by atoms with Crippen LogP contribution in [0.3, 0.4) is 0 Å². The van der Waals surface area contributed by atoms with Gasteiger partial charge in [-0.1, -0.05) is 24.3 Å². The first-order chi connectivity index (χ1) is 12.5. The number of amides is 2. The van der Waals surface area contributed by atoms with Crippen molar-refractivity contribution in [1.29, 1.82) is 0 Å². The molecule has 0 bridgehead atoms. The SMILES string of the molecule is COc1ccc(CNC(=O)C/C(C)=N\NC(=O)c2ccccc2Br)cc1. The number of nitrogens with one attached hydrogen (secondary N) is 2. The zero-order valence-corrected chi connectivity index (χ0v) is 16.2. The number of hydrogen-bond acceptors (Lipinski definition) is 4. The molecule has 0 saturated carbocycles. The monoisotopic (exact) mass is 417 g/mol. The van der Waals surface area contributed by atoms with Crippen LogP contribution in [-0.2, 0) is 11.3 Å². The summed E-state index contributed by atoms with van der Waals surface area (Å²) in [4.78, 5) is 24.0. The van der Waals surface area contributed by atoms with Crippen molar-refractivity contribution in [2.75, 3.05) is 7.11 Å². The molecule has 0 heterocycles. The topological polar surface area (TPSA) is 79.8 Å². The molecule has 0 atom stereocenters. The summed E-state index contributed by atoms with van der Waals surface area (Å²) in [7, 11) is 1.61. The molecule has 136 valence electrons. The second-order valence-electron chi connectivity index (χ2n) is 5.57. The van der Waals surface area contributed by atoms with Gasteiger partial charge in [0.15, 0.2) is 0 Å². The van der Waals surface area contributed by atoms with E-state index in [0.29, 0.717) is 22.3 Å². The first kappa shape index (κ1) is 19.7. The number of halogens is 1. The summed E-state index contributed by atoms with van der Waals surface area (Å²) in [5.74, 6) is 0.261. The van der Waals surface area contributed by atoms with E-state index < -0.39 is 0 Å². The van der Waals surface area contributed by atoms with Crippen molar-refractivity contribution in [2.24, 2.45) is 5.10 Å². The maximum atomic E-state index is 12.1. The van der Waals surface area contributed by atoms with E-state index in [1.54, 1.807) is 32.2 Å². The molecule has 0 aliphatic rings. The van der Waals surface area contributed by atoms with Crippen molar-refractivity contribution in [3.8, 4) is 5.75 Å². The van der Waals surface area contributed by atoms with Crippen LogP contribution in [0.1, 0.15) is 29.3 Å². The van der Waals surface area contributed by atoms with E-state index in [4.69, 9.17) is 4.74 Å². The van der Waals surface area contributed by atoms with Gasteiger partial charge in [0.1, 0.15) is 5.75 Å². The van der Waals surface area contributed by atoms with Crippen LogP contribution in [0.4, 0.5) is 0 Å². The van der Waals surface area contributed by atoms with Gasteiger partial charge in [-0.25, -0.2) is 5.43 Å². The minimum absolute atomic E-state index is 0.104. The number of hydrazone groups is 1. The normalized spacial score (nSPS) is 11.0. The van der Waals surface area contributed by atoms with E-state index >= 15 is 0 Å². The fourth-order valence-corrected chi connectivity index (χ4v) is 2.60. The van der Waals surface area contributed by atoms with Gasteiger partial charge in [-0.15, -0.1) is 0 Å². The van der Waals surface area contributed by atoms with E-state index in [1.165, 1.54) is 0 Å². The van der Waals surface area contributed by atoms with E-state index in [0.717, 1.165) is 11.3 Å². The molecule has 2 N–H and O–H groups in total. The van der Waals surface area contributed by atoms with Gasteiger partial charge in [-0.2, -0.15) is 5.10 Å². The molecule has 26 heavy (non-hydrogen) atoms. The Kier molecular flexibility index (Phi) is 7.35. The predicted octanol–water partition coefficient (Wildman–Crippen LogP) is 3.27. The van der Waals surface area contributed by atoms with Crippen molar-refractivity contribution in [3.05, 3.63) is 64.1 Å². The van der Waals surface area contributed by atoms with Crippen LogP contribution >= 0.6 is 15.9 Å². The molecule has 2 aromatic carbocycles. The second-order valence-corrected chi connectivity index (χ2v) is 6.42. The Morgan fingerprint density at radius 2 is 1.81 bits per heavy atom. The molecular weight excluding hydrogens is 398 g/mol. The molecule has 0 unspecified atom stereocenters. The molecule has 0 spiro atoms. The molecule has 0 radical (unpaired) electrons. The average Bonchev–Trinajstić information content (AvgIpc) is 2.65. The number of benzene rings is 2. The Labute approximate surface area is 160 Å². The van der Waals surface area contributed by atoms with Gasteiger partial charge in [0.05, 0.1) is 19.1 Å². The Morgan fingerprint density at radius 3 is 2.46 bits per heavy atom. The largest absolute Gasteiger partial charge is 0.497 e. The molecule has 0 saturated heterocycles. The summed E-state index contributed by atoms with van der Waals surface area (Å²) < 4.78 is 5.78. The van der Waals surface area contributed by atoms with Crippen molar-refractivity contribution < 1.29 is 14.3 Å². The Bertz CT molecular complexity index is 804. The molecule has 0 aliphatic heterocycles. The van der Waals surface area contributed by atoms with Gasteiger partial charge in [-0.05, 0) is 52.7 Å². The van der Waals surface area contributed by atoms with Crippen LogP contribution in [-0.4, -0.2) is 24.6 Å². The smallest absolute Gasteiger partial charge is 0.272 e. The van der Waals surface area contributed by atoms with Gasteiger partial charge < -0.3 is 10.1 Å². The fraction of sp³-hybridized carbons (Fsp3) is 0.211. The van der Waals surface area contributed by atoms with Gasteiger partial charge in [-0.3, -0.25) is 9.59 Å². The molecule has 2 aromatic rings. The number of hydrogen-bond donors (Lipinski definition) is 2. The lowest BCUT2D eigenvalue weighted by Gasteiger charge is -2.07. The minimum Gasteiger partial charge on any atom is -0.497 e. The first-order valence-electron chi connectivity index (χ1n) is 7.97. The van der Waals surface area contributed by atoms with Crippen LogP contribution in [0.15, 0.2) is 58.1 Å². The predicted molar refractivity (Wildman–Crippen MR) is 104 cm³/mol. The molecule has 6 nitrogen and oxygen atoms in total. The second kappa shape index (κ2) is 9.72. The van der Waals surface area contributed by atoms with Crippen molar-refractivity contribution in [1.82, 2.24) is 10.7 Å². The van der Waals surface area contributed by atoms with Crippen LogP contribution < -0.4 is 15.5 Å². The lowest BCUT2D eigenvalue weighted by atomic mass is 10.2. The average molecular weight is 418 g/mol. The lowest BCUT2D eigenvalue weighted by molar-refractivity contribution is -0.120. The van der Waals surface area contributed by atoms with E-state index in [9.17, 15) is 9.59 Å². The highest BCUT2D eigenvalue weighted by atomic mass is 79.9. The minimum atomic E-state index is -0.338. The van der Waals surface area contributed by atoms with Gasteiger partial charge in [0, 0.05) is 16.7 Å². The lowest BCUT2D eigenvalue weighted by Crippen LogP contribution is -2.26. The molecular formula is C19H20BrN3O3. The summed E-state index contributed by atoms with van der Waals surface area (Å²) in [6, 6.07) is 14.5. The Balaban J connectivity index is 1.81. The van der Waals surface area contributed by atoms with Crippen LogP contribution in [0.2, 0.25) is 0 Å². The Morgan fingerprint density at radius 1 is 1.12 bits per heavy atom. The molecule has 0 fully saturated rings. The van der Waals surface area contributed by atoms with Crippen LogP contribution in [0.25, 0.3) is 0 Å². The Hall–Kier alpha value is -2.67. The molecule has 7 heteroatoms. The molecule has 2 amide bonds. The highest BCUT2D eigenvalue weighted by Crippen LogP contribution is 2.15. The fourth-order valence-electron chi connectivity index (χ4n) is 2.13. The third kappa shape index (κ3) is 6.00. The maximum Gasteiger partial charge on any atom is 0.272 e. The number of carbonyl (C=O) groups is 2. The molecule has 2 rings (SSSR count). The summed E-state index contributed by atoms with van der Waals surface area (Å²) in [6.45, 7) is 2.10. The number of ether oxygens (including phenoxy) is 1. The number of nitrogens with zero attached hydrogens (tertiary/aromatic N) is 1. The highest BCUT2D eigenvalue weighted by molar-refractivity contribution is 9.10. The van der Waals surface area contributed by atoms with Crippen molar-refractivity contribution in [3.63, 3.8) is 0 Å². The summed E-state index contributed by atoms with van der Waals surface area (Å²) in [5.41, 5.74) is 4.42. The van der Waals surface area contributed by atoms with E-state index in [-0.39, 0.29) is 18.2 Å². The van der Waals surface area contributed by atoms with Gasteiger partial charge in [0.25, 0.3) is 5.91 Å². The maximum absolute atomic E-state index is 12.1. The zero-order chi connectivity index (χ0) is 18.9. The third-order valence-electron chi connectivity index (χ3n) is 3.53. The third-order valence-corrected chi connectivity index (χ3v) is 4.22. The molecule has 0 aliphatic carbocycles. The number of methoxy groups -OCH3 is 1. The quantitative estimate of drug-likeness (QED) is 0.535. The van der Waals surface area contributed by atoms with Crippen molar-refractivity contribution >= 4 is 33.5 Å². The summed E-state index contributed by atoms with van der Waals surface area (Å²) in [5, 5.41) is 6.79. The number of rotatable bonds is 7. The standard InChI is InChI=1S/C19H20BrN3O3/c1-13(22-23-19(25)16-5-3-4-6-17(16)20)11-18(24)21-12-14-7-9-15(26-2)10-8-14/h3-10H,11-12H2,1-2H3,(H,21,24)(H,23,25)/b22-13-. The highest BCUT2D eigenvalue weighted by Gasteiger charge is 2.09. The van der Waals surface area contributed by atoms with E-state index in [1.807, 2.05) is 30.3 Å². The summed E-state index contributed by atoms with van der Waals surface area (Å²) in [6.07, 6.45) is 0.104. The van der Waals surface area contributed by atoms with Crippen LogP contribution in [0, 0.1) is 0 Å². The van der Waals surface area contributed by atoms with E-state index in [2.05, 4.69) is 31.8 Å². The molecule has 0 aromatic heterocycles.